The molecule has 0 amide bonds. The highest BCUT2D eigenvalue weighted by atomic mass is 79.9. The average molecular weight is 317 g/mol. The van der Waals surface area contributed by atoms with Crippen molar-refractivity contribution in [2.75, 3.05) is 6.54 Å². The largest absolute Gasteiger partial charge is 0.390 e. The van der Waals surface area contributed by atoms with Gasteiger partial charge in [0.25, 0.3) is 0 Å². The normalized spacial score (nSPS) is 11.8. The lowest BCUT2D eigenvalue weighted by molar-refractivity contribution is -0.133. The van der Waals surface area contributed by atoms with Crippen molar-refractivity contribution in [3.8, 4) is 0 Å². The van der Waals surface area contributed by atoms with Crippen molar-refractivity contribution in [3.63, 3.8) is 0 Å². The number of benzene rings is 1. The molecule has 0 radical (unpaired) electrons. The molecule has 90 valence electrons. The van der Waals surface area contributed by atoms with E-state index in [0.29, 0.717) is 11.6 Å². The summed E-state index contributed by atoms with van der Waals surface area (Å²) in [6.45, 7) is 0.223. The Balaban J connectivity index is 2.40. The molecule has 0 bridgehead atoms. The summed E-state index contributed by atoms with van der Waals surface area (Å²) in [5.41, 5.74) is 0.776. The Bertz CT molecular complexity index is 354. The third kappa shape index (κ3) is 5.18. The van der Waals surface area contributed by atoms with Crippen LogP contribution in [0.1, 0.15) is 12.0 Å². The molecule has 0 heterocycles. The van der Waals surface area contributed by atoms with Gasteiger partial charge in [-0.05, 0) is 23.8 Å². The van der Waals surface area contributed by atoms with E-state index >= 15 is 0 Å². The van der Waals surface area contributed by atoms with E-state index < -0.39 is 12.6 Å². The van der Waals surface area contributed by atoms with Crippen LogP contribution in [-0.4, -0.2) is 12.7 Å². The summed E-state index contributed by atoms with van der Waals surface area (Å²) in [7, 11) is 0. The highest BCUT2D eigenvalue weighted by molar-refractivity contribution is 9.10. The van der Waals surface area contributed by atoms with Crippen LogP contribution < -0.4 is 5.32 Å². The van der Waals surface area contributed by atoms with Gasteiger partial charge >= 0.3 is 6.18 Å². The summed E-state index contributed by atoms with van der Waals surface area (Å²) >= 11 is 9.15. The lowest BCUT2D eigenvalue weighted by Gasteiger charge is -2.09. The fraction of sp³-hybridized carbons (Fsp3) is 0.400. The van der Waals surface area contributed by atoms with Crippen LogP contribution in [0.3, 0.4) is 0 Å². The summed E-state index contributed by atoms with van der Waals surface area (Å²) < 4.78 is 36.4. The molecule has 0 saturated carbocycles. The zero-order chi connectivity index (χ0) is 12.2. The second-order valence-electron chi connectivity index (χ2n) is 3.28. The molecule has 1 aromatic rings. The van der Waals surface area contributed by atoms with Gasteiger partial charge in [-0.1, -0.05) is 27.5 Å². The van der Waals surface area contributed by atoms with Crippen molar-refractivity contribution in [1.82, 2.24) is 5.32 Å². The van der Waals surface area contributed by atoms with Crippen LogP contribution in [0.25, 0.3) is 0 Å². The third-order valence-corrected chi connectivity index (χ3v) is 2.77. The number of alkyl halides is 3. The number of hydrogen-bond donors (Lipinski definition) is 1. The lowest BCUT2D eigenvalue weighted by atomic mass is 10.2. The van der Waals surface area contributed by atoms with E-state index in [0.717, 1.165) is 10.0 Å². The molecule has 0 aromatic heterocycles. The van der Waals surface area contributed by atoms with Crippen LogP contribution in [-0.2, 0) is 6.54 Å². The van der Waals surface area contributed by atoms with Crippen LogP contribution in [0.2, 0.25) is 5.02 Å². The zero-order valence-electron chi connectivity index (χ0n) is 8.24. The van der Waals surface area contributed by atoms with Crippen molar-refractivity contribution in [1.29, 1.82) is 0 Å². The van der Waals surface area contributed by atoms with Crippen molar-refractivity contribution in [2.24, 2.45) is 0 Å². The second kappa shape index (κ2) is 5.89. The Morgan fingerprint density at radius 1 is 1.31 bits per heavy atom. The van der Waals surface area contributed by atoms with E-state index in [9.17, 15) is 13.2 Å². The SMILES string of the molecule is FC(F)(F)CCNCc1cc(Br)ccc1Cl. The molecule has 0 atom stereocenters. The molecule has 0 aliphatic heterocycles. The predicted molar refractivity (Wildman–Crippen MR) is 61.5 cm³/mol. The van der Waals surface area contributed by atoms with Gasteiger partial charge in [0.1, 0.15) is 0 Å². The van der Waals surface area contributed by atoms with Gasteiger partial charge in [0.15, 0.2) is 0 Å². The number of rotatable bonds is 4. The molecule has 0 aliphatic rings. The molecule has 1 rings (SSSR count). The topological polar surface area (TPSA) is 12.0 Å². The maximum Gasteiger partial charge on any atom is 0.390 e. The van der Waals surface area contributed by atoms with Crippen LogP contribution >= 0.6 is 27.5 Å². The Morgan fingerprint density at radius 3 is 2.62 bits per heavy atom. The van der Waals surface area contributed by atoms with Crippen molar-refractivity contribution < 1.29 is 13.2 Å². The van der Waals surface area contributed by atoms with Crippen molar-refractivity contribution in [3.05, 3.63) is 33.3 Å². The first-order chi connectivity index (χ1) is 7.38. The van der Waals surface area contributed by atoms with E-state index in [4.69, 9.17) is 11.6 Å². The average Bonchev–Trinajstić information content (AvgIpc) is 2.16. The summed E-state index contributed by atoms with van der Waals surface area (Å²) in [5.74, 6) is 0. The van der Waals surface area contributed by atoms with E-state index in [2.05, 4.69) is 21.2 Å². The zero-order valence-corrected chi connectivity index (χ0v) is 10.6. The van der Waals surface area contributed by atoms with Gasteiger partial charge < -0.3 is 5.32 Å². The van der Waals surface area contributed by atoms with Gasteiger partial charge in [-0.2, -0.15) is 13.2 Å². The Hall–Kier alpha value is -0.260. The Morgan fingerprint density at radius 2 is 2.00 bits per heavy atom. The van der Waals surface area contributed by atoms with Gasteiger partial charge in [-0.25, -0.2) is 0 Å². The van der Waals surface area contributed by atoms with Crippen LogP contribution in [0.5, 0.6) is 0 Å². The van der Waals surface area contributed by atoms with Gasteiger partial charge in [0, 0.05) is 22.6 Å². The minimum absolute atomic E-state index is 0.105. The summed E-state index contributed by atoms with van der Waals surface area (Å²) in [4.78, 5) is 0. The van der Waals surface area contributed by atoms with Gasteiger partial charge in [-0.3, -0.25) is 0 Å². The van der Waals surface area contributed by atoms with Crippen molar-refractivity contribution >= 4 is 27.5 Å². The Kier molecular flexibility index (Phi) is 5.08. The Labute approximate surface area is 105 Å². The summed E-state index contributed by atoms with van der Waals surface area (Å²) in [6.07, 6.45) is -4.95. The lowest BCUT2D eigenvalue weighted by Crippen LogP contribution is -2.21. The molecule has 1 nitrogen and oxygen atoms in total. The first-order valence-electron chi connectivity index (χ1n) is 4.60. The highest BCUT2D eigenvalue weighted by Crippen LogP contribution is 2.21. The molecule has 0 unspecified atom stereocenters. The van der Waals surface area contributed by atoms with Gasteiger partial charge in [0.2, 0.25) is 0 Å². The molecule has 0 spiro atoms. The summed E-state index contributed by atoms with van der Waals surface area (Å²) in [6, 6.07) is 5.26. The van der Waals surface area contributed by atoms with Crippen molar-refractivity contribution in [2.45, 2.75) is 19.1 Å². The molecular formula is C10H10BrClF3N. The minimum Gasteiger partial charge on any atom is -0.312 e. The maximum absolute atomic E-state index is 11.9. The molecule has 0 fully saturated rings. The van der Waals surface area contributed by atoms with Crippen LogP contribution in [0, 0.1) is 0 Å². The molecular weight excluding hydrogens is 306 g/mol. The van der Waals surface area contributed by atoms with E-state index in [1.54, 1.807) is 18.2 Å². The van der Waals surface area contributed by atoms with E-state index in [1.807, 2.05) is 0 Å². The highest BCUT2D eigenvalue weighted by Gasteiger charge is 2.25. The van der Waals surface area contributed by atoms with Gasteiger partial charge in [0.05, 0.1) is 6.42 Å². The molecule has 6 heteroatoms. The fourth-order valence-corrected chi connectivity index (χ4v) is 1.72. The van der Waals surface area contributed by atoms with Crippen LogP contribution in [0.4, 0.5) is 13.2 Å². The van der Waals surface area contributed by atoms with E-state index in [1.165, 1.54) is 0 Å². The fourth-order valence-electron chi connectivity index (χ4n) is 1.13. The van der Waals surface area contributed by atoms with Gasteiger partial charge in [-0.15, -0.1) is 0 Å². The molecule has 0 aliphatic carbocycles. The van der Waals surface area contributed by atoms with E-state index in [-0.39, 0.29) is 6.54 Å². The number of hydrogen-bond acceptors (Lipinski definition) is 1. The maximum atomic E-state index is 11.9. The predicted octanol–water partition coefficient (Wildman–Crippen LogP) is 4.14. The minimum atomic E-state index is -4.12. The molecule has 1 N–H and O–H groups in total. The quantitative estimate of drug-likeness (QED) is 0.823. The molecule has 16 heavy (non-hydrogen) atoms. The molecule has 0 saturated heterocycles. The second-order valence-corrected chi connectivity index (χ2v) is 4.60. The smallest absolute Gasteiger partial charge is 0.312 e. The first-order valence-corrected chi connectivity index (χ1v) is 5.77. The first kappa shape index (κ1) is 13.8. The van der Waals surface area contributed by atoms with Crippen LogP contribution in [0.15, 0.2) is 22.7 Å². The standard InChI is InChI=1S/C10H10BrClF3N/c11-8-1-2-9(12)7(5-8)6-16-4-3-10(13,14)15/h1-2,5,16H,3-4,6H2. The monoisotopic (exact) mass is 315 g/mol. The summed E-state index contributed by atoms with van der Waals surface area (Å²) in [5, 5.41) is 3.25. The molecule has 1 aromatic carbocycles. The third-order valence-electron chi connectivity index (χ3n) is 1.91. The number of halogens is 5. The number of nitrogens with one attached hydrogen (secondary N) is 1.